The molecule has 3 aromatic rings. The first-order chi connectivity index (χ1) is 16.0. The number of methoxy groups -OCH3 is 1. The second kappa shape index (κ2) is 9.67. The standard InChI is InChI=1S/C26H31N3O4/c1-17-13-19-14-21(25(31)28-15-18-9-5-6-10-20(18)32-3)33-24(19)22(23(17)29-16-30)26(27-2)11-7-4-8-12-26/h5-6,9-10,13-14,16,27H,4,7-8,11-12,15H2,1-3H3,(H,28,31)(H,29,30). The van der Waals surface area contributed by atoms with E-state index in [0.29, 0.717) is 18.5 Å². The van der Waals surface area contributed by atoms with E-state index in [1.165, 1.54) is 6.42 Å². The number of nitrogens with one attached hydrogen (secondary N) is 3. The van der Waals surface area contributed by atoms with Crippen LogP contribution < -0.4 is 20.7 Å². The number of para-hydroxylation sites is 1. The van der Waals surface area contributed by atoms with Crippen molar-refractivity contribution in [2.45, 2.75) is 51.1 Å². The molecular formula is C26H31N3O4. The van der Waals surface area contributed by atoms with Gasteiger partial charge in [-0.2, -0.15) is 0 Å². The molecule has 0 atom stereocenters. The zero-order valence-electron chi connectivity index (χ0n) is 19.4. The molecule has 4 rings (SSSR count). The number of fused-ring (bicyclic) bond motifs is 1. The number of carbonyl (C=O) groups excluding carboxylic acids is 2. The Kier molecular flexibility index (Phi) is 6.70. The Labute approximate surface area is 193 Å². The Morgan fingerprint density at radius 3 is 2.64 bits per heavy atom. The highest BCUT2D eigenvalue weighted by molar-refractivity contribution is 5.99. The zero-order valence-corrected chi connectivity index (χ0v) is 19.4. The first kappa shape index (κ1) is 22.9. The highest BCUT2D eigenvalue weighted by Gasteiger charge is 2.38. The van der Waals surface area contributed by atoms with Gasteiger partial charge in [0.15, 0.2) is 5.76 Å². The van der Waals surface area contributed by atoms with Gasteiger partial charge < -0.3 is 25.1 Å². The minimum Gasteiger partial charge on any atom is -0.496 e. The molecule has 33 heavy (non-hydrogen) atoms. The van der Waals surface area contributed by atoms with Crippen molar-refractivity contribution < 1.29 is 18.7 Å². The average molecular weight is 450 g/mol. The van der Waals surface area contributed by atoms with Gasteiger partial charge in [-0.05, 0) is 50.6 Å². The van der Waals surface area contributed by atoms with E-state index in [2.05, 4.69) is 16.0 Å². The summed E-state index contributed by atoms with van der Waals surface area (Å²) in [6.07, 6.45) is 5.93. The smallest absolute Gasteiger partial charge is 0.287 e. The third-order valence-corrected chi connectivity index (χ3v) is 6.73. The fraction of sp³-hybridized carbons (Fsp3) is 0.385. The molecule has 1 aromatic heterocycles. The molecule has 0 radical (unpaired) electrons. The molecule has 1 heterocycles. The summed E-state index contributed by atoms with van der Waals surface area (Å²) in [5.74, 6) is 0.664. The number of benzene rings is 2. The molecule has 0 saturated heterocycles. The van der Waals surface area contributed by atoms with Crippen LogP contribution in [0.1, 0.15) is 59.3 Å². The molecule has 3 N–H and O–H groups in total. The predicted octanol–water partition coefficient (Wildman–Crippen LogP) is 4.63. The lowest BCUT2D eigenvalue weighted by atomic mass is 9.75. The van der Waals surface area contributed by atoms with Crippen LogP contribution >= 0.6 is 0 Å². The Morgan fingerprint density at radius 1 is 1.18 bits per heavy atom. The number of hydrogen-bond donors (Lipinski definition) is 3. The molecule has 7 nitrogen and oxygen atoms in total. The molecule has 0 bridgehead atoms. The van der Waals surface area contributed by atoms with Crippen LogP contribution in [0.2, 0.25) is 0 Å². The molecular weight excluding hydrogens is 418 g/mol. The number of ether oxygens (including phenoxy) is 1. The van der Waals surface area contributed by atoms with Crippen molar-refractivity contribution >= 4 is 29.0 Å². The number of anilines is 1. The Hall–Kier alpha value is -3.32. The quantitative estimate of drug-likeness (QED) is 0.436. The molecule has 1 fully saturated rings. The normalized spacial score (nSPS) is 15.2. The highest BCUT2D eigenvalue weighted by Crippen LogP contribution is 2.45. The number of amides is 2. The summed E-state index contributed by atoms with van der Waals surface area (Å²) in [5, 5.41) is 10.2. The van der Waals surface area contributed by atoms with E-state index in [9.17, 15) is 9.59 Å². The predicted molar refractivity (Wildman–Crippen MR) is 129 cm³/mol. The Bertz CT molecular complexity index is 1160. The van der Waals surface area contributed by atoms with Crippen LogP contribution in [0, 0.1) is 6.92 Å². The monoisotopic (exact) mass is 449 g/mol. The Balaban J connectivity index is 1.73. The molecule has 0 spiro atoms. The third-order valence-electron chi connectivity index (χ3n) is 6.73. The van der Waals surface area contributed by atoms with Gasteiger partial charge in [0.2, 0.25) is 6.41 Å². The fourth-order valence-corrected chi connectivity index (χ4v) is 5.03. The number of rotatable bonds is 8. The number of aryl methyl sites for hydroxylation is 1. The second-order valence-electron chi connectivity index (χ2n) is 8.62. The Morgan fingerprint density at radius 2 is 1.94 bits per heavy atom. The first-order valence-electron chi connectivity index (χ1n) is 11.4. The van der Waals surface area contributed by atoms with Crippen LogP contribution in [0.5, 0.6) is 5.75 Å². The summed E-state index contributed by atoms with van der Waals surface area (Å²) in [7, 11) is 3.56. The number of furan rings is 1. The van der Waals surface area contributed by atoms with Crippen LogP contribution in [0.25, 0.3) is 11.0 Å². The van der Waals surface area contributed by atoms with E-state index in [4.69, 9.17) is 9.15 Å². The van der Waals surface area contributed by atoms with Crippen molar-refractivity contribution in [3.05, 3.63) is 58.8 Å². The van der Waals surface area contributed by atoms with Crippen LogP contribution in [0.4, 0.5) is 5.69 Å². The first-order valence-corrected chi connectivity index (χ1v) is 11.4. The van der Waals surface area contributed by atoms with Crippen molar-refractivity contribution in [1.82, 2.24) is 10.6 Å². The minimum atomic E-state index is -0.323. The van der Waals surface area contributed by atoms with Gasteiger partial charge in [-0.25, -0.2) is 0 Å². The van der Waals surface area contributed by atoms with E-state index < -0.39 is 0 Å². The van der Waals surface area contributed by atoms with Crippen molar-refractivity contribution in [3.63, 3.8) is 0 Å². The van der Waals surface area contributed by atoms with E-state index in [1.807, 2.05) is 44.3 Å². The number of carbonyl (C=O) groups is 2. The molecule has 1 aliphatic rings. The maximum absolute atomic E-state index is 13.0. The lowest BCUT2D eigenvalue weighted by Crippen LogP contribution is -2.42. The van der Waals surface area contributed by atoms with Gasteiger partial charge in [-0.1, -0.05) is 37.5 Å². The van der Waals surface area contributed by atoms with Crippen LogP contribution in [-0.4, -0.2) is 26.5 Å². The summed E-state index contributed by atoms with van der Waals surface area (Å²) in [6.45, 7) is 2.29. The lowest BCUT2D eigenvalue weighted by Gasteiger charge is -2.39. The topological polar surface area (TPSA) is 92.6 Å². The van der Waals surface area contributed by atoms with Gasteiger partial charge in [0.05, 0.1) is 12.8 Å². The summed E-state index contributed by atoms with van der Waals surface area (Å²) in [5.41, 5.74) is 3.82. The maximum Gasteiger partial charge on any atom is 0.287 e. The number of hydrogen-bond acceptors (Lipinski definition) is 5. The average Bonchev–Trinajstić information content (AvgIpc) is 3.27. The van der Waals surface area contributed by atoms with E-state index in [-0.39, 0.29) is 17.2 Å². The summed E-state index contributed by atoms with van der Waals surface area (Å²) in [4.78, 5) is 24.4. The van der Waals surface area contributed by atoms with Crippen molar-refractivity contribution in [2.24, 2.45) is 0 Å². The third kappa shape index (κ3) is 4.33. The van der Waals surface area contributed by atoms with E-state index in [1.54, 1.807) is 13.2 Å². The summed E-state index contributed by atoms with van der Waals surface area (Å²) >= 11 is 0. The van der Waals surface area contributed by atoms with Crippen molar-refractivity contribution in [1.29, 1.82) is 0 Å². The maximum atomic E-state index is 13.0. The van der Waals surface area contributed by atoms with Crippen molar-refractivity contribution in [3.8, 4) is 5.75 Å². The fourth-order valence-electron chi connectivity index (χ4n) is 5.03. The van der Waals surface area contributed by atoms with Crippen LogP contribution in [-0.2, 0) is 16.9 Å². The molecule has 2 aromatic carbocycles. The SMILES string of the molecule is CNC1(c2c(NC=O)c(C)cc3cc(C(=O)NCc4ccccc4OC)oc23)CCCCC1. The second-order valence-corrected chi connectivity index (χ2v) is 8.62. The summed E-state index contributed by atoms with van der Waals surface area (Å²) in [6, 6.07) is 11.3. The lowest BCUT2D eigenvalue weighted by molar-refractivity contribution is -0.105. The van der Waals surface area contributed by atoms with Crippen LogP contribution in [0.15, 0.2) is 40.8 Å². The molecule has 0 aliphatic heterocycles. The van der Waals surface area contributed by atoms with Crippen molar-refractivity contribution in [2.75, 3.05) is 19.5 Å². The largest absolute Gasteiger partial charge is 0.496 e. The van der Waals surface area contributed by atoms with Gasteiger partial charge in [-0.15, -0.1) is 0 Å². The van der Waals surface area contributed by atoms with Gasteiger partial charge in [0.1, 0.15) is 11.3 Å². The van der Waals surface area contributed by atoms with E-state index >= 15 is 0 Å². The highest BCUT2D eigenvalue weighted by atomic mass is 16.5. The molecule has 2 amide bonds. The van der Waals surface area contributed by atoms with Gasteiger partial charge >= 0.3 is 0 Å². The molecule has 7 heteroatoms. The van der Waals surface area contributed by atoms with E-state index in [0.717, 1.165) is 59.2 Å². The van der Waals surface area contributed by atoms with Gasteiger partial charge in [0, 0.05) is 28.6 Å². The summed E-state index contributed by atoms with van der Waals surface area (Å²) < 4.78 is 11.6. The molecule has 1 saturated carbocycles. The zero-order chi connectivity index (χ0) is 23.4. The van der Waals surface area contributed by atoms with Gasteiger partial charge in [-0.3, -0.25) is 9.59 Å². The molecule has 0 unspecified atom stereocenters. The van der Waals surface area contributed by atoms with Crippen LogP contribution in [0.3, 0.4) is 0 Å². The minimum absolute atomic E-state index is 0.242. The molecule has 1 aliphatic carbocycles. The van der Waals surface area contributed by atoms with Gasteiger partial charge in [0.25, 0.3) is 5.91 Å². The molecule has 174 valence electrons.